The number of hydrogen-bond acceptors (Lipinski definition) is 5. The quantitative estimate of drug-likeness (QED) is 0.459. The van der Waals surface area contributed by atoms with Gasteiger partial charge in [0.2, 0.25) is 0 Å². The topological polar surface area (TPSA) is 48.0 Å². The van der Waals surface area contributed by atoms with Gasteiger partial charge in [-0.05, 0) is 62.9 Å². The summed E-state index contributed by atoms with van der Waals surface area (Å²) in [4.78, 5) is 14.0. The fraction of sp³-hybridized carbons (Fsp3) is 0.458. The van der Waals surface area contributed by atoms with Gasteiger partial charge in [-0.25, -0.2) is 0 Å². The van der Waals surface area contributed by atoms with Crippen molar-refractivity contribution in [1.82, 2.24) is 4.90 Å². The van der Waals surface area contributed by atoms with Crippen LogP contribution in [0.25, 0.3) is 0 Å². The van der Waals surface area contributed by atoms with Gasteiger partial charge in [0, 0.05) is 12.6 Å². The number of halogens is 3. The van der Waals surface area contributed by atoms with Gasteiger partial charge < -0.3 is 19.0 Å². The lowest BCUT2D eigenvalue weighted by Crippen LogP contribution is -2.42. The van der Waals surface area contributed by atoms with Gasteiger partial charge in [-0.2, -0.15) is 0 Å². The minimum absolute atomic E-state index is 0.130. The van der Waals surface area contributed by atoms with Crippen molar-refractivity contribution >= 4 is 6.29 Å². The third-order valence-electron chi connectivity index (χ3n) is 5.44. The molecule has 174 valence electrons. The first-order chi connectivity index (χ1) is 15.4. The number of ether oxygens (including phenoxy) is 3. The Morgan fingerprint density at radius 3 is 2.16 bits per heavy atom. The molecule has 0 spiro atoms. The van der Waals surface area contributed by atoms with E-state index in [2.05, 4.69) is 9.64 Å². The molecule has 0 N–H and O–H groups in total. The Labute approximate surface area is 186 Å². The molecule has 2 aromatic carbocycles. The zero-order valence-corrected chi connectivity index (χ0v) is 18.2. The van der Waals surface area contributed by atoms with E-state index in [9.17, 15) is 18.0 Å². The number of aldehydes is 1. The van der Waals surface area contributed by atoms with Crippen molar-refractivity contribution in [2.24, 2.45) is 0 Å². The van der Waals surface area contributed by atoms with Crippen molar-refractivity contribution < 1.29 is 32.2 Å². The van der Waals surface area contributed by atoms with E-state index in [-0.39, 0.29) is 17.8 Å². The van der Waals surface area contributed by atoms with Gasteiger partial charge >= 0.3 is 6.36 Å². The number of hydrogen-bond donors (Lipinski definition) is 0. The van der Waals surface area contributed by atoms with E-state index in [1.807, 2.05) is 32.0 Å². The van der Waals surface area contributed by atoms with Crippen LogP contribution >= 0.6 is 0 Å². The average molecular weight is 451 g/mol. The van der Waals surface area contributed by atoms with Crippen LogP contribution in [0.5, 0.6) is 17.2 Å². The summed E-state index contributed by atoms with van der Waals surface area (Å²) >= 11 is 0. The zero-order valence-electron chi connectivity index (χ0n) is 18.2. The largest absolute Gasteiger partial charge is 0.573 e. The Morgan fingerprint density at radius 1 is 1.00 bits per heavy atom. The second-order valence-electron chi connectivity index (χ2n) is 7.55. The molecule has 1 saturated heterocycles. The van der Waals surface area contributed by atoms with Crippen molar-refractivity contribution in [3.8, 4) is 17.2 Å². The smallest absolute Gasteiger partial charge is 0.493 e. The van der Waals surface area contributed by atoms with Crippen molar-refractivity contribution in [1.29, 1.82) is 0 Å². The highest BCUT2D eigenvalue weighted by atomic mass is 19.4. The molecule has 1 fully saturated rings. The van der Waals surface area contributed by atoms with Gasteiger partial charge in [0.25, 0.3) is 0 Å². The number of likely N-dealkylation sites (tertiary alicyclic amines) is 1. The molecule has 1 aliphatic rings. The molecule has 8 heteroatoms. The van der Waals surface area contributed by atoms with Crippen molar-refractivity contribution in [3.05, 3.63) is 53.6 Å². The van der Waals surface area contributed by atoms with E-state index < -0.39 is 6.36 Å². The van der Waals surface area contributed by atoms with Gasteiger partial charge in [0.15, 0.2) is 0 Å². The summed E-state index contributed by atoms with van der Waals surface area (Å²) in [6.07, 6.45) is -1.40. The maximum Gasteiger partial charge on any atom is 0.573 e. The Morgan fingerprint density at radius 2 is 1.62 bits per heavy atom. The molecule has 2 aromatic rings. The number of benzene rings is 2. The van der Waals surface area contributed by atoms with Crippen molar-refractivity contribution in [2.75, 3.05) is 13.2 Å². The lowest BCUT2D eigenvalue weighted by molar-refractivity contribution is -0.274. The van der Waals surface area contributed by atoms with Crippen LogP contribution in [-0.2, 0) is 11.3 Å². The number of alkyl halides is 3. The SMILES string of the molecule is CCOc1cccc(OCC)c1C1CCCC(C=O)N1Cc1ccc(OC(F)(F)F)cc1. The zero-order chi connectivity index (χ0) is 23.1. The number of carbonyl (C=O) groups excluding carboxylic acids is 1. The molecule has 32 heavy (non-hydrogen) atoms. The first kappa shape index (κ1) is 23.9. The molecule has 3 rings (SSSR count). The van der Waals surface area contributed by atoms with E-state index in [4.69, 9.17) is 9.47 Å². The van der Waals surface area contributed by atoms with Crippen LogP contribution in [0.4, 0.5) is 13.2 Å². The molecule has 0 saturated carbocycles. The average Bonchev–Trinajstić information content (AvgIpc) is 2.75. The molecule has 2 atom stereocenters. The Hall–Kier alpha value is -2.74. The summed E-state index contributed by atoms with van der Waals surface area (Å²) in [6, 6.07) is 11.0. The highest BCUT2D eigenvalue weighted by Crippen LogP contribution is 2.44. The van der Waals surface area contributed by atoms with E-state index in [1.165, 1.54) is 12.1 Å². The molecule has 1 heterocycles. The van der Waals surface area contributed by atoms with Crippen molar-refractivity contribution in [3.63, 3.8) is 0 Å². The Kier molecular flexibility index (Phi) is 8.01. The Balaban J connectivity index is 1.93. The number of carbonyl (C=O) groups is 1. The normalized spacial score (nSPS) is 19.4. The van der Waals surface area contributed by atoms with E-state index in [0.717, 1.165) is 36.7 Å². The number of piperidine rings is 1. The maximum atomic E-state index is 12.5. The van der Waals surface area contributed by atoms with Crippen LogP contribution in [-0.4, -0.2) is 36.8 Å². The van der Waals surface area contributed by atoms with Crippen LogP contribution in [0.2, 0.25) is 0 Å². The number of nitrogens with zero attached hydrogens (tertiary/aromatic N) is 1. The molecule has 1 aliphatic heterocycles. The van der Waals surface area contributed by atoms with Crippen LogP contribution in [0.15, 0.2) is 42.5 Å². The standard InChI is InChI=1S/C24H28F3NO4/c1-3-30-21-9-6-10-22(31-4-2)23(21)20-8-5-7-18(16-29)28(20)15-17-11-13-19(14-12-17)32-24(25,26)27/h6,9-14,16,18,20H,3-5,7-8,15H2,1-2H3. The van der Waals surface area contributed by atoms with Crippen LogP contribution in [0.1, 0.15) is 50.3 Å². The molecule has 0 radical (unpaired) electrons. The molecule has 0 amide bonds. The van der Waals surface area contributed by atoms with Crippen LogP contribution < -0.4 is 14.2 Å². The minimum atomic E-state index is -4.74. The second kappa shape index (κ2) is 10.7. The van der Waals surface area contributed by atoms with E-state index in [0.29, 0.717) is 31.3 Å². The molecular weight excluding hydrogens is 423 g/mol. The van der Waals surface area contributed by atoms with Gasteiger partial charge in [0.05, 0.1) is 24.8 Å². The molecule has 5 nitrogen and oxygen atoms in total. The number of rotatable bonds is 9. The van der Waals surface area contributed by atoms with Crippen LogP contribution in [0, 0.1) is 0 Å². The Bertz CT molecular complexity index is 862. The predicted octanol–water partition coefficient (Wildman–Crippen LogP) is 5.68. The van der Waals surface area contributed by atoms with E-state index >= 15 is 0 Å². The summed E-state index contributed by atoms with van der Waals surface area (Å²) in [7, 11) is 0. The minimum Gasteiger partial charge on any atom is -0.493 e. The first-order valence-corrected chi connectivity index (χ1v) is 10.8. The molecule has 0 aliphatic carbocycles. The summed E-state index contributed by atoms with van der Waals surface area (Å²) in [5.74, 6) is 1.16. The highest BCUT2D eigenvalue weighted by molar-refractivity contribution is 5.59. The first-order valence-electron chi connectivity index (χ1n) is 10.8. The van der Waals surface area contributed by atoms with Crippen LogP contribution in [0.3, 0.4) is 0 Å². The molecular formula is C24H28F3NO4. The monoisotopic (exact) mass is 451 g/mol. The van der Waals surface area contributed by atoms with Crippen molar-refractivity contribution in [2.45, 2.75) is 58.1 Å². The fourth-order valence-electron chi connectivity index (χ4n) is 4.19. The second-order valence-corrected chi connectivity index (χ2v) is 7.55. The van der Waals surface area contributed by atoms with E-state index in [1.54, 1.807) is 12.1 Å². The predicted molar refractivity (Wildman–Crippen MR) is 114 cm³/mol. The molecule has 0 aromatic heterocycles. The third kappa shape index (κ3) is 5.94. The van der Waals surface area contributed by atoms with Gasteiger partial charge in [-0.3, -0.25) is 4.90 Å². The lowest BCUT2D eigenvalue weighted by atomic mass is 9.89. The fourth-order valence-corrected chi connectivity index (χ4v) is 4.19. The van der Waals surface area contributed by atoms with Gasteiger partial charge in [0.1, 0.15) is 23.5 Å². The van der Waals surface area contributed by atoms with Gasteiger partial charge in [-0.1, -0.05) is 18.2 Å². The third-order valence-corrected chi connectivity index (χ3v) is 5.44. The summed E-state index contributed by atoms with van der Waals surface area (Å²) < 4.78 is 53.1. The van der Waals surface area contributed by atoms with Gasteiger partial charge in [-0.15, -0.1) is 13.2 Å². The summed E-state index contributed by atoms with van der Waals surface area (Å²) in [5.41, 5.74) is 1.69. The summed E-state index contributed by atoms with van der Waals surface area (Å²) in [6.45, 7) is 5.20. The highest BCUT2D eigenvalue weighted by Gasteiger charge is 2.35. The molecule has 0 bridgehead atoms. The summed E-state index contributed by atoms with van der Waals surface area (Å²) in [5, 5.41) is 0. The lowest BCUT2D eigenvalue weighted by Gasteiger charge is -2.41. The molecule has 2 unspecified atom stereocenters. The maximum absolute atomic E-state index is 12.5.